The van der Waals surface area contributed by atoms with Crippen molar-refractivity contribution >= 4 is 5.91 Å². The first-order chi connectivity index (χ1) is 14.6. The number of hydrogen-bond acceptors (Lipinski definition) is 4. The quantitative estimate of drug-likeness (QED) is 0.514. The minimum Gasteiger partial charge on any atom is -0.497 e. The van der Waals surface area contributed by atoms with Crippen molar-refractivity contribution in [2.45, 2.75) is 20.4 Å². The molecule has 0 fully saturated rings. The molecule has 2 heterocycles. The lowest BCUT2D eigenvalue weighted by molar-refractivity contribution is 0.0946. The Morgan fingerprint density at radius 1 is 1.10 bits per heavy atom. The van der Waals surface area contributed by atoms with Gasteiger partial charge in [0.1, 0.15) is 11.4 Å². The second kappa shape index (κ2) is 8.24. The SMILES string of the molecule is COc1ccc(-c2cc(C(=O)NCc3c(C)nn(-c4ccccc4)c3C)[nH]n2)cc1. The van der Waals surface area contributed by atoms with Crippen LogP contribution in [0.4, 0.5) is 0 Å². The minimum atomic E-state index is -0.214. The topological polar surface area (TPSA) is 84.8 Å². The van der Waals surface area contributed by atoms with Gasteiger partial charge in [-0.25, -0.2) is 4.68 Å². The number of rotatable bonds is 6. The highest BCUT2D eigenvalue weighted by atomic mass is 16.5. The first-order valence-electron chi connectivity index (χ1n) is 9.65. The Bertz CT molecular complexity index is 1160. The largest absolute Gasteiger partial charge is 0.497 e. The Morgan fingerprint density at radius 3 is 2.53 bits per heavy atom. The number of H-pyrrole nitrogens is 1. The Hall–Kier alpha value is -3.87. The van der Waals surface area contributed by atoms with E-state index in [1.165, 1.54) is 0 Å². The predicted octanol–water partition coefficient (Wildman–Crippen LogP) is 3.82. The number of aryl methyl sites for hydroxylation is 1. The summed E-state index contributed by atoms with van der Waals surface area (Å²) in [5.41, 5.74) is 5.90. The maximum atomic E-state index is 12.6. The normalized spacial score (nSPS) is 10.8. The van der Waals surface area contributed by atoms with E-state index in [4.69, 9.17) is 4.74 Å². The summed E-state index contributed by atoms with van der Waals surface area (Å²) in [6.45, 7) is 4.35. The Labute approximate surface area is 174 Å². The second-order valence-electron chi connectivity index (χ2n) is 6.97. The van der Waals surface area contributed by atoms with Crippen LogP contribution in [0, 0.1) is 13.8 Å². The fourth-order valence-electron chi connectivity index (χ4n) is 3.36. The van der Waals surface area contributed by atoms with Gasteiger partial charge in [0, 0.05) is 23.4 Å². The molecule has 0 saturated heterocycles. The van der Waals surface area contributed by atoms with Gasteiger partial charge in [0.2, 0.25) is 0 Å². The average molecular weight is 401 g/mol. The van der Waals surface area contributed by atoms with Gasteiger partial charge in [0.05, 0.1) is 24.2 Å². The van der Waals surface area contributed by atoms with Crippen molar-refractivity contribution < 1.29 is 9.53 Å². The molecule has 152 valence electrons. The number of carbonyl (C=O) groups excluding carboxylic acids is 1. The molecular formula is C23H23N5O2. The van der Waals surface area contributed by atoms with Crippen LogP contribution < -0.4 is 10.1 Å². The van der Waals surface area contributed by atoms with Gasteiger partial charge in [-0.3, -0.25) is 9.89 Å². The van der Waals surface area contributed by atoms with E-state index >= 15 is 0 Å². The minimum absolute atomic E-state index is 0.214. The number of benzene rings is 2. The monoisotopic (exact) mass is 401 g/mol. The molecule has 4 rings (SSSR count). The smallest absolute Gasteiger partial charge is 0.269 e. The van der Waals surface area contributed by atoms with Gasteiger partial charge in [-0.15, -0.1) is 0 Å². The summed E-state index contributed by atoms with van der Waals surface area (Å²) in [5.74, 6) is 0.558. The summed E-state index contributed by atoms with van der Waals surface area (Å²) in [4.78, 5) is 12.6. The van der Waals surface area contributed by atoms with Gasteiger partial charge < -0.3 is 10.1 Å². The molecule has 7 heteroatoms. The first-order valence-corrected chi connectivity index (χ1v) is 9.65. The number of aromatic amines is 1. The number of para-hydroxylation sites is 1. The van der Waals surface area contributed by atoms with E-state index in [1.807, 2.05) is 73.1 Å². The molecule has 0 bridgehead atoms. The van der Waals surface area contributed by atoms with E-state index in [0.29, 0.717) is 17.9 Å². The van der Waals surface area contributed by atoms with Gasteiger partial charge in [0.15, 0.2) is 0 Å². The summed E-state index contributed by atoms with van der Waals surface area (Å²) in [6.07, 6.45) is 0. The fourth-order valence-corrected chi connectivity index (χ4v) is 3.36. The molecule has 30 heavy (non-hydrogen) atoms. The van der Waals surface area contributed by atoms with Crippen LogP contribution in [-0.2, 0) is 6.54 Å². The van der Waals surface area contributed by atoms with E-state index in [0.717, 1.165) is 34.0 Å². The number of methoxy groups -OCH3 is 1. The molecule has 0 spiro atoms. The molecule has 1 amide bonds. The number of carbonyl (C=O) groups is 1. The van der Waals surface area contributed by atoms with Crippen molar-refractivity contribution in [3.05, 3.63) is 83.3 Å². The van der Waals surface area contributed by atoms with Crippen molar-refractivity contribution in [2.24, 2.45) is 0 Å². The maximum Gasteiger partial charge on any atom is 0.269 e. The number of nitrogens with zero attached hydrogens (tertiary/aromatic N) is 3. The zero-order valence-electron chi connectivity index (χ0n) is 17.1. The van der Waals surface area contributed by atoms with Gasteiger partial charge in [-0.1, -0.05) is 18.2 Å². The molecule has 2 aromatic heterocycles. The summed E-state index contributed by atoms with van der Waals surface area (Å²) < 4.78 is 7.07. The summed E-state index contributed by atoms with van der Waals surface area (Å²) in [7, 11) is 1.62. The predicted molar refractivity (Wildman–Crippen MR) is 115 cm³/mol. The van der Waals surface area contributed by atoms with Crippen LogP contribution in [0.5, 0.6) is 5.75 Å². The number of ether oxygens (including phenoxy) is 1. The zero-order valence-corrected chi connectivity index (χ0v) is 17.1. The molecule has 0 radical (unpaired) electrons. The third-order valence-corrected chi connectivity index (χ3v) is 5.08. The third-order valence-electron chi connectivity index (χ3n) is 5.08. The van der Waals surface area contributed by atoms with Gasteiger partial charge in [-0.2, -0.15) is 10.2 Å². The molecule has 0 atom stereocenters. The summed E-state index contributed by atoms with van der Waals surface area (Å²) in [5, 5.41) is 14.7. The molecule has 2 aromatic carbocycles. The van der Waals surface area contributed by atoms with Gasteiger partial charge >= 0.3 is 0 Å². The number of amides is 1. The van der Waals surface area contributed by atoms with E-state index in [-0.39, 0.29) is 5.91 Å². The van der Waals surface area contributed by atoms with E-state index in [2.05, 4.69) is 20.6 Å². The van der Waals surface area contributed by atoms with Crippen molar-refractivity contribution in [3.8, 4) is 22.7 Å². The molecule has 4 aromatic rings. The molecule has 0 aliphatic carbocycles. The van der Waals surface area contributed by atoms with Crippen molar-refractivity contribution in [1.82, 2.24) is 25.3 Å². The van der Waals surface area contributed by atoms with E-state index < -0.39 is 0 Å². The van der Waals surface area contributed by atoms with Crippen LogP contribution in [0.25, 0.3) is 16.9 Å². The lowest BCUT2D eigenvalue weighted by Gasteiger charge is -2.06. The first kappa shape index (κ1) is 19.4. The van der Waals surface area contributed by atoms with Crippen molar-refractivity contribution in [3.63, 3.8) is 0 Å². The number of nitrogens with one attached hydrogen (secondary N) is 2. The molecule has 0 aliphatic heterocycles. The van der Waals surface area contributed by atoms with Crippen LogP contribution in [0.2, 0.25) is 0 Å². The van der Waals surface area contributed by atoms with Crippen molar-refractivity contribution in [1.29, 1.82) is 0 Å². The highest BCUT2D eigenvalue weighted by Gasteiger charge is 2.16. The summed E-state index contributed by atoms with van der Waals surface area (Å²) >= 11 is 0. The van der Waals surface area contributed by atoms with Crippen LogP contribution in [0.1, 0.15) is 27.4 Å². The number of aromatic nitrogens is 4. The summed E-state index contributed by atoms with van der Waals surface area (Å²) in [6, 6.07) is 19.2. The molecule has 7 nitrogen and oxygen atoms in total. The maximum absolute atomic E-state index is 12.6. The van der Waals surface area contributed by atoms with Crippen molar-refractivity contribution in [2.75, 3.05) is 7.11 Å². The molecular weight excluding hydrogens is 378 g/mol. The fraction of sp³-hybridized carbons (Fsp3) is 0.174. The zero-order chi connectivity index (χ0) is 21.1. The lowest BCUT2D eigenvalue weighted by Crippen LogP contribution is -2.23. The Kier molecular flexibility index (Phi) is 5.34. The van der Waals surface area contributed by atoms with Gasteiger partial charge in [-0.05, 0) is 56.3 Å². The second-order valence-corrected chi connectivity index (χ2v) is 6.97. The molecule has 0 unspecified atom stereocenters. The third kappa shape index (κ3) is 3.82. The van der Waals surface area contributed by atoms with E-state index in [1.54, 1.807) is 13.2 Å². The standard InChI is InChI=1S/C23H23N5O2/c1-15-20(16(2)28(27-15)18-7-5-4-6-8-18)14-24-23(29)22-13-21(25-26-22)17-9-11-19(30-3)12-10-17/h4-13H,14H2,1-3H3,(H,24,29)(H,25,26). The number of hydrogen-bond donors (Lipinski definition) is 2. The van der Waals surface area contributed by atoms with Crippen LogP contribution in [0.15, 0.2) is 60.7 Å². The molecule has 0 aliphatic rings. The molecule has 0 saturated carbocycles. The van der Waals surface area contributed by atoms with Crippen LogP contribution in [-0.4, -0.2) is 33.0 Å². The molecule has 2 N–H and O–H groups in total. The van der Waals surface area contributed by atoms with E-state index in [9.17, 15) is 4.79 Å². The highest BCUT2D eigenvalue weighted by molar-refractivity contribution is 5.93. The highest BCUT2D eigenvalue weighted by Crippen LogP contribution is 2.21. The van der Waals surface area contributed by atoms with Crippen LogP contribution in [0.3, 0.4) is 0 Å². The average Bonchev–Trinajstić information content (AvgIpc) is 3.38. The Balaban J connectivity index is 1.47. The van der Waals surface area contributed by atoms with Crippen LogP contribution >= 0.6 is 0 Å². The van der Waals surface area contributed by atoms with Gasteiger partial charge in [0.25, 0.3) is 5.91 Å². The lowest BCUT2D eigenvalue weighted by atomic mass is 10.1. The Morgan fingerprint density at radius 2 is 1.83 bits per heavy atom.